The first-order valence-corrected chi connectivity index (χ1v) is 4.44. The second-order valence-electron chi connectivity index (χ2n) is 2.52. The number of nitrogens with zero attached hydrogens (tertiary/aromatic N) is 1. The zero-order valence-electron chi connectivity index (χ0n) is 6.92. The van der Waals surface area contributed by atoms with E-state index in [1.165, 1.54) is 6.07 Å². The number of carbonyl (C=O) groups excluding carboxylic acids is 1. The minimum Gasteiger partial charge on any atom is -0.506 e. The Hall–Kier alpha value is -1.41. The maximum absolute atomic E-state index is 13.0. The van der Waals surface area contributed by atoms with E-state index in [0.29, 0.717) is 6.29 Å². The molecule has 0 aliphatic rings. The molecule has 0 fully saturated rings. The molecule has 1 aromatic rings. The molecule has 0 bridgehead atoms. The van der Waals surface area contributed by atoms with Gasteiger partial charge in [-0.15, -0.1) is 0 Å². The molecule has 3 nitrogen and oxygen atoms in total. The maximum Gasteiger partial charge on any atom is 0.145 e. The van der Waals surface area contributed by atoms with Crippen molar-refractivity contribution in [3.63, 3.8) is 0 Å². The van der Waals surface area contributed by atoms with Gasteiger partial charge >= 0.3 is 0 Å². The van der Waals surface area contributed by atoms with Gasteiger partial charge in [0.2, 0.25) is 0 Å². The molecule has 0 saturated carbocycles. The number of benzene rings is 1. The highest BCUT2D eigenvalue weighted by molar-refractivity contribution is 9.10. The van der Waals surface area contributed by atoms with Crippen LogP contribution in [-0.4, -0.2) is 11.4 Å². The summed E-state index contributed by atoms with van der Waals surface area (Å²) < 4.78 is 13.3. The highest BCUT2D eigenvalue weighted by atomic mass is 79.9. The Morgan fingerprint density at radius 2 is 2.36 bits per heavy atom. The van der Waals surface area contributed by atoms with Crippen molar-refractivity contribution >= 4 is 22.2 Å². The molecule has 0 heterocycles. The molecule has 0 aromatic heterocycles. The molecule has 1 rings (SSSR count). The minimum atomic E-state index is -0.813. The van der Waals surface area contributed by atoms with Gasteiger partial charge in [0.05, 0.1) is 0 Å². The van der Waals surface area contributed by atoms with Gasteiger partial charge in [-0.1, -0.05) is 15.9 Å². The number of aromatic hydroxyl groups is 1. The zero-order chi connectivity index (χ0) is 10.7. The van der Waals surface area contributed by atoms with Crippen molar-refractivity contribution in [2.75, 3.05) is 0 Å². The zero-order valence-corrected chi connectivity index (χ0v) is 8.51. The number of aldehydes is 1. The van der Waals surface area contributed by atoms with Crippen LogP contribution in [-0.2, 0) is 11.2 Å². The average molecular weight is 258 g/mol. The Morgan fingerprint density at radius 3 is 2.86 bits per heavy atom. The van der Waals surface area contributed by atoms with Crippen LogP contribution in [0.2, 0.25) is 0 Å². The summed E-state index contributed by atoms with van der Waals surface area (Å²) in [6.07, 6.45) is 0.500. The number of hydrogen-bond donors (Lipinski definition) is 1. The quantitative estimate of drug-likeness (QED) is 0.824. The van der Waals surface area contributed by atoms with E-state index in [1.54, 1.807) is 0 Å². The second kappa shape index (κ2) is 4.20. The van der Waals surface area contributed by atoms with E-state index in [0.717, 1.165) is 6.07 Å². The molecule has 14 heavy (non-hydrogen) atoms. The first-order valence-electron chi connectivity index (χ1n) is 3.65. The normalized spacial score (nSPS) is 9.50. The number of halogens is 2. The van der Waals surface area contributed by atoms with E-state index in [1.807, 2.05) is 0 Å². The molecule has 0 aliphatic heterocycles. The smallest absolute Gasteiger partial charge is 0.145 e. The number of carbonyl (C=O) groups is 1. The van der Waals surface area contributed by atoms with E-state index < -0.39 is 17.1 Å². The summed E-state index contributed by atoms with van der Waals surface area (Å²) in [5.41, 5.74) is -0.219. The van der Waals surface area contributed by atoms with Crippen molar-refractivity contribution < 1.29 is 14.3 Å². The molecule has 0 saturated heterocycles. The Bertz CT molecular complexity index is 426. The van der Waals surface area contributed by atoms with Crippen LogP contribution < -0.4 is 0 Å². The maximum atomic E-state index is 13.0. The van der Waals surface area contributed by atoms with Crippen molar-refractivity contribution in [1.29, 1.82) is 5.26 Å². The Balaban J connectivity index is 3.45. The fourth-order valence-corrected chi connectivity index (χ4v) is 1.58. The number of rotatable bonds is 2. The van der Waals surface area contributed by atoms with Gasteiger partial charge in [-0.05, 0) is 6.07 Å². The Kier molecular flexibility index (Phi) is 3.20. The topological polar surface area (TPSA) is 61.1 Å². The monoisotopic (exact) mass is 257 g/mol. The molecular weight excluding hydrogens is 253 g/mol. The standard InChI is InChI=1S/C9H5BrFNO2/c10-7-3-8(11)6(4-12)9(14)5(7)1-2-13/h2-3,14H,1H2. The molecule has 0 amide bonds. The fraction of sp³-hybridized carbons (Fsp3) is 0.111. The lowest BCUT2D eigenvalue weighted by Crippen LogP contribution is -1.94. The molecule has 1 aromatic carbocycles. The lowest BCUT2D eigenvalue weighted by Gasteiger charge is -2.06. The van der Waals surface area contributed by atoms with Crippen molar-refractivity contribution in [3.05, 3.63) is 27.5 Å². The van der Waals surface area contributed by atoms with Gasteiger partial charge in [0.1, 0.15) is 29.5 Å². The highest BCUT2D eigenvalue weighted by Crippen LogP contribution is 2.31. The van der Waals surface area contributed by atoms with Gasteiger partial charge in [0.25, 0.3) is 0 Å². The van der Waals surface area contributed by atoms with Gasteiger partial charge in [0.15, 0.2) is 0 Å². The molecular formula is C9H5BrFNO2. The van der Waals surface area contributed by atoms with Crippen LogP contribution in [0.25, 0.3) is 0 Å². The van der Waals surface area contributed by atoms with Gasteiger partial charge < -0.3 is 9.90 Å². The lowest BCUT2D eigenvalue weighted by molar-refractivity contribution is -0.107. The van der Waals surface area contributed by atoms with Crippen LogP contribution in [0, 0.1) is 17.1 Å². The van der Waals surface area contributed by atoms with E-state index >= 15 is 0 Å². The summed E-state index contributed by atoms with van der Waals surface area (Å²) >= 11 is 2.99. The molecule has 5 heteroatoms. The predicted molar refractivity (Wildman–Crippen MR) is 50.2 cm³/mol. The van der Waals surface area contributed by atoms with Crippen LogP contribution in [0.4, 0.5) is 4.39 Å². The van der Waals surface area contributed by atoms with Crippen molar-refractivity contribution in [2.45, 2.75) is 6.42 Å². The van der Waals surface area contributed by atoms with Crippen LogP contribution in [0.5, 0.6) is 5.75 Å². The Labute approximate surface area is 87.9 Å². The summed E-state index contributed by atoms with van der Waals surface area (Å²) in [6.45, 7) is 0. The first kappa shape index (κ1) is 10.7. The minimum absolute atomic E-state index is 0.0681. The average Bonchev–Trinajstić information content (AvgIpc) is 2.12. The molecule has 0 radical (unpaired) electrons. The second-order valence-corrected chi connectivity index (χ2v) is 3.38. The largest absolute Gasteiger partial charge is 0.506 e. The van der Waals surface area contributed by atoms with E-state index in [-0.39, 0.29) is 16.5 Å². The number of phenols is 1. The molecule has 72 valence electrons. The van der Waals surface area contributed by atoms with Crippen LogP contribution >= 0.6 is 15.9 Å². The van der Waals surface area contributed by atoms with E-state index in [2.05, 4.69) is 15.9 Å². The molecule has 0 unspecified atom stereocenters. The van der Waals surface area contributed by atoms with E-state index in [4.69, 9.17) is 5.26 Å². The third-order valence-electron chi connectivity index (χ3n) is 1.70. The highest BCUT2D eigenvalue weighted by Gasteiger charge is 2.15. The third-order valence-corrected chi connectivity index (χ3v) is 2.41. The SMILES string of the molecule is N#Cc1c(F)cc(Br)c(CC=O)c1O. The van der Waals surface area contributed by atoms with Crippen LogP contribution in [0.15, 0.2) is 10.5 Å². The lowest BCUT2D eigenvalue weighted by atomic mass is 10.1. The van der Waals surface area contributed by atoms with Crippen molar-refractivity contribution in [3.8, 4) is 11.8 Å². The number of hydrogen-bond acceptors (Lipinski definition) is 3. The van der Waals surface area contributed by atoms with E-state index in [9.17, 15) is 14.3 Å². The Morgan fingerprint density at radius 1 is 1.71 bits per heavy atom. The summed E-state index contributed by atoms with van der Waals surface area (Å²) in [5, 5.41) is 18.0. The number of nitriles is 1. The predicted octanol–water partition coefficient (Wildman–Crippen LogP) is 1.91. The van der Waals surface area contributed by atoms with Gasteiger partial charge in [0, 0.05) is 16.5 Å². The summed E-state index contributed by atoms with van der Waals surface area (Å²) in [5.74, 6) is -1.29. The number of phenolic OH excluding ortho intramolecular Hbond substituents is 1. The first-order chi connectivity index (χ1) is 6.61. The summed E-state index contributed by atoms with van der Waals surface area (Å²) in [7, 11) is 0. The summed E-state index contributed by atoms with van der Waals surface area (Å²) in [6, 6.07) is 2.58. The van der Waals surface area contributed by atoms with Crippen LogP contribution in [0.3, 0.4) is 0 Å². The molecule has 0 atom stereocenters. The molecule has 1 N–H and O–H groups in total. The van der Waals surface area contributed by atoms with Gasteiger partial charge in [-0.2, -0.15) is 5.26 Å². The van der Waals surface area contributed by atoms with Crippen molar-refractivity contribution in [1.82, 2.24) is 0 Å². The van der Waals surface area contributed by atoms with Gasteiger partial charge in [-0.3, -0.25) is 0 Å². The summed E-state index contributed by atoms with van der Waals surface area (Å²) in [4.78, 5) is 10.3. The third kappa shape index (κ3) is 1.75. The fourth-order valence-electron chi connectivity index (χ4n) is 1.03. The molecule has 0 spiro atoms. The van der Waals surface area contributed by atoms with Crippen LogP contribution in [0.1, 0.15) is 11.1 Å². The van der Waals surface area contributed by atoms with Gasteiger partial charge in [-0.25, -0.2) is 4.39 Å². The molecule has 0 aliphatic carbocycles. The van der Waals surface area contributed by atoms with Crippen molar-refractivity contribution in [2.24, 2.45) is 0 Å².